The van der Waals surface area contributed by atoms with Crippen LogP contribution in [0.1, 0.15) is 32.4 Å². The number of benzene rings is 1. The van der Waals surface area contributed by atoms with Crippen LogP contribution >= 0.6 is 0 Å². The molecule has 0 aliphatic rings. The average molecular weight is 255 g/mol. The Hall–Kier alpha value is -1.13. The minimum Gasteiger partial charge on any atom is -0.494 e. The maximum absolute atomic E-state index is 13.3. The van der Waals surface area contributed by atoms with Crippen molar-refractivity contribution in [3.63, 3.8) is 0 Å². The SMILES string of the molecule is COc1cc(C(C)NCC(C)(C)OC)ccc1F. The molecule has 0 aliphatic heterocycles. The third-order valence-corrected chi connectivity index (χ3v) is 3.06. The van der Waals surface area contributed by atoms with Crippen molar-refractivity contribution in [1.29, 1.82) is 0 Å². The van der Waals surface area contributed by atoms with E-state index < -0.39 is 0 Å². The lowest BCUT2D eigenvalue weighted by molar-refractivity contribution is 0.0214. The first-order chi connectivity index (χ1) is 8.39. The molecule has 0 amide bonds. The summed E-state index contributed by atoms with van der Waals surface area (Å²) < 4.78 is 23.6. The minimum atomic E-state index is -0.342. The second-order valence-electron chi connectivity index (χ2n) is 4.96. The highest BCUT2D eigenvalue weighted by Gasteiger charge is 2.18. The molecule has 0 bridgehead atoms. The third kappa shape index (κ3) is 3.96. The summed E-state index contributed by atoms with van der Waals surface area (Å²) in [6.07, 6.45) is 0. The zero-order chi connectivity index (χ0) is 13.8. The largest absolute Gasteiger partial charge is 0.494 e. The molecule has 0 aromatic heterocycles. The molecule has 18 heavy (non-hydrogen) atoms. The van der Waals surface area contributed by atoms with E-state index >= 15 is 0 Å². The van der Waals surface area contributed by atoms with Crippen molar-refractivity contribution in [3.05, 3.63) is 29.6 Å². The Balaban J connectivity index is 2.70. The quantitative estimate of drug-likeness (QED) is 0.847. The number of halogens is 1. The van der Waals surface area contributed by atoms with Crippen molar-refractivity contribution in [2.45, 2.75) is 32.4 Å². The van der Waals surface area contributed by atoms with Crippen molar-refractivity contribution >= 4 is 0 Å². The number of hydrogen-bond acceptors (Lipinski definition) is 3. The molecule has 3 nitrogen and oxygen atoms in total. The van der Waals surface area contributed by atoms with Crippen LogP contribution in [0.3, 0.4) is 0 Å². The molecule has 0 aliphatic carbocycles. The van der Waals surface area contributed by atoms with Crippen LogP contribution in [0.5, 0.6) is 5.75 Å². The van der Waals surface area contributed by atoms with Gasteiger partial charge in [-0.15, -0.1) is 0 Å². The Bertz CT molecular complexity index is 393. The van der Waals surface area contributed by atoms with E-state index in [-0.39, 0.29) is 23.2 Å². The number of ether oxygens (including phenoxy) is 2. The first kappa shape index (κ1) is 14.9. The summed E-state index contributed by atoms with van der Waals surface area (Å²) in [5, 5.41) is 3.36. The summed E-state index contributed by atoms with van der Waals surface area (Å²) in [7, 11) is 3.15. The van der Waals surface area contributed by atoms with E-state index in [2.05, 4.69) is 5.32 Å². The Morgan fingerprint density at radius 3 is 2.56 bits per heavy atom. The topological polar surface area (TPSA) is 30.5 Å². The molecule has 0 spiro atoms. The fourth-order valence-corrected chi connectivity index (χ4v) is 1.53. The van der Waals surface area contributed by atoms with Crippen LogP contribution in [0.15, 0.2) is 18.2 Å². The predicted molar refractivity (Wildman–Crippen MR) is 70.5 cm³/mol. The summed E-state index contributed by atoms with van der Waals surface area (Å²) >= 11 is 0. The highest BCUT2D eigenvalue weighted by atomic mass is 19.1. The van der Waals surface area contributed by atoms with Gasteiger partial charge in [0.2, 0.25) is 0 Å². The van der Waals surface area contributed by atoms with Crippen LogP contribution in [-0.2, 0) is 4.74 Å². The van der Waals surface area contributed by atoms with Gasteiger partial charge in [-0.25, -0.2) is 4.39 Å². The van der Waals surface area contributed by atoms with E-state index in [0.717, 1.165) is 5.56 Å². The van der Waals surface area contributed by atoms with Crippen molar-refractivity contribution in [2.24, 2.45) is 0 Å². The Labute approximate surface area is 108 Å². The summed E-state index contributed by atoms with van der Waals surface area (Å²) in [6, 6.07) is 5.00. The van der Waals surface area contributed by atoms with Crippen LogP contribution in [0, 0.1) is 5.82 Å². The molecule has 4 heteroatoms. The summed E-state index contributed by atoms with van der Waals surface area (Å²) in [4.78, 5) is 0. The molecular formula is C14H22FNO2. The predicted octanol–water partition coefficient (Wildman–Crippen LogP) is 2.91. The fourth-order valence-electron chi connectivity index (χ4n) is 1.53. The molecule has 0 saturated carbocycles. The van der Waals surface area contributed by atoms with Crippen LogP contribution in [0.2, 0.25) is 0 Å². The van der Waals surface area contributed by atoms with Gasteiger partial charge in [0.15, 0.2) is 11.6 Å². The first-order valence-corrected chi connectivity index (χ1v) is 6.01. The van der Waals surface area contributed by atoms with Crippen LogP contribution in [0.25, 0.3) is 0 Å². The zero-order valence-corrected chi connectivity index (χ0v) is 11.7. The lowest BCUT2D eigenvalue weighted by Gasteiger charge is -2.26. The van der Waals surface area contributed by atoms with Crippen molar-refractivity contribution in [2.75, 3.05) is 20.8 Å². The molecule has 1 rings (SSSR count). The van der Waals surface area contributed by atoms with Gasteiger partial charge in [0.05, 0.1) is 12.7 Å². The van der Waals surface area contributed by atoms with Gasteiger partial charge < -0.3 is 14.8 Å². The smallest absolute Gasteiger partial charge is 0.165 e. The molecule has 102 valence electrons. The summed E-state index contributed by atoms with van der Waals surface area (Å²) in [5.41, 5.74) is 0.762. The molecule has 1 aromatic carbocycles. The molecule has 1 unspecified atom stereocenters. The second-order valence-corrected chi connectivity index (χ2v) is 4.96. The molecule has 0 saturated heterocycles. The van der Waals surface area contributed by atoms with E-state index in [1.165, 1.54) is 13.2 Å². The van der Waals surface area contributed by atoms with Crippen LogP contribution in [-0.4, -0.2) is 26.4 Å². The molecule has 1 atom stereocenters. The highest BCUT2D eigenvalue weighted by molar-refractivity contribution is 5.31. The van der Waals surface area contributed by atoms with Gasteiger partial charge in [-0.2, -0.15) is 0 Å². The van der Waals surface area contributed by atoms with Gasteiger partial charge >= 0.3 is 0 Å². The van der Waals surface area contributed by atoms with Gasteiger partial charge in [0.25, 0.3) is 0 Å². The van der Waals surface area contributed by atoms with Gasteiger partial charge in [0.1, 0.15) is 0 Å². The van der Waals surface area contributed by atoms with Gasteiger partial charge in [0, 0.05) is 19.7 Å². The van der Waals surface area contributed by atoms with E-state index in [9.17, 15) is 4.39 Å². The molecule has 0 fully saturated rings. The number of nitrogens with one attached hydrogen (secondary N) is 1. The monoisotopic (exact) mass is 255 g/mol. The maximum Gasteiger partial charge on any atom is 0.165 e. The molecule has 0 heterocycles. The van der Waals surface area contributed by atoms with Crippen molar-refractivity contribution in [3.8, 4) is 5.75 Å². The Morgan fingerprint density at radius 2 is 2.00 bits per heavy atom. The van der Waals surface area contributed by atoms with E-state index in [4.69, 9.17) is 9.47 Å². The van der Waals surface area contributed by atoms with E-state index in [0.29, 0.717) is 6.54 Å². The number of methoxy groups -OCH3 is 2. The lowest BCUT2D eigenvalue weighted by Crippen LogP contribution is -2.37. The van der Waals surface area contributed by atoms with Crippen LogP contribution < -0.4 is 10.1 Å². The molecule has 0 radical (unpaired) electrons. The zero-order valence-electron chi connectivity index (χ0n) is 11.7. The van der Waals surface area contributed by atoms with Gasteiger partial charge in [-0.05, 0) is 38.5 Å². The maximum atomic E-state index is 13.3. The highest BCUT2D eigenvalue weighted by Crippen LogP contribution is 2.22. The number of hydrogen-bond donors (Lipinski definition) is 1. The second kappa shape index (κ2) is 6.16. The van der Waals surface area contributed by atoms with Crippen molar-refractivity contribution < 1.29 is 13.9 Å². The van der Waals surface area contributed by atoms with Gasteiger partial charge in [-0.3, -0.25) is 0 Å². The van der Waals surface area contributed by atoms with E-state index in [1.54, 1.807) is 19.2 Å². The average Bonchev–Trinajstić information content (AvgIpc) is 2.36. The minimum absolute atomic E-state index is 0.105. The Kier molecular flexibility index (Phi) is 5.11. The normalized spacial score (nSPS) is 13.4. The standard InChI is InChI=1S/C14H22FNO2/c1-10(16-9-14(2,3)18-5)11-6-7-12(15)13(8-11)17-4/h6-8,10,16H,9H2,1-5H3. The lowest BCUT2D eigenvalue weighted by atomic mass is 10.1. The molecular weight excluding hydrogens is 233 g/mol. The first-order valence-electron chi connectivity index (χ1n) is 6.01. The number of rotatable bonds is 6. The van der Waals surface area contributed by atoms with Crippen molar-refractivity contribution in [1.82, 2.24) is 5.32 Å². The summed E-state index contributed by atoms with van der Waals surface area (Å²) in [6.45, 7) is 6.76. The summed E-state index contributed by atoms with van der Waals surface area (Å²) in [5.74, 6) is -0.0715. The molecule has 1 N–H and O–H groups in total. The Morgan fingerprint density at radius 1 is 1.33 bits per heavy atom. The third-order valence-electron chi connectivity index (χ3n) is 3.06. The van der Waals surface area contributed by atoms with Crippen LogP contribution in [0.4, 0.5) is 4.39 Å². The van der Waals surface area contributed by atoms with E-state index in [1.807, 2.05) is 20.8 Å². The van der Waals surface area contributed by atoms with Gasteiger partial charge in [-0.1, -0.05) is 6.07 Å². The fraction of sp³-hybridized carbons (Fsp3) is 0.571. The molecule has 1 aromatic rings.